The first-order chi connectivity index (χ1) is 19.5. The Labute approximate surface area is 242 Å². The molecule has 2 aromatic rings. The molecule has 1 aromatic heterocycles. The van der Waals surface area contributed by atoms with Crippen molar-refractivity contribution in [2.24, 2.45) is 0 Å². The van der Waals surface area contributed by atoms with Crippen LogP contribution in [0.4, 0.5) is 0 Å². The average Bonchev–Trinajstić information content (AvgIpc) is 2.93. The topological polar surface area (TPSA) is 57.9 Å². The molecule has 0 saturated carbocycles. The lowest BCUT2D eigenvalue weighted by atomic mass is 10.1. The second-order valence-corrected chi connectivity index (χ2v) is 10.7. The van der Waals surface area contributed by atoms with Gasteiger partial charge in [-0.2, -0.15) is 0 Å². The molecular formula is C35H52O5. The van der Waals surface area contributed by atoms with E-state index in [-0.39, 0.29) is 12.4 Å². The quantitative estimate of drug-likeness (QED) is 0.0876. The monoisotopic (exact) mass is 552 g/mol. The number of allylic oxidation sites excluding steroid dienone is 4. The Morgan fingerprint density at radius 3 is 2.27 bits per heavy atom. The number of rotatable bonds is 21. The fourth-order valence-corrected chi connectivity index (χ4v) is 4.42. The van der Waals surface area contributed by atoms with E-state index in [9.17, 15) is 4.79 Å². The van der Waals surface area contributed by atoms with Crippen molar-refractivity contribution < 1.29 is 18.6 Å². The summed E-state index contributed by atoms with van der Waals surface area (Å²) in [4.78, 5) is 13.1. The number of para-hydroxylation sites is 1. The molecule has 0 fully saturated rings. The van der Waals surface area contributed by atoms with Gasteiger partial charge in [0, 0.05) is 0 Å². The van der Waals surface area contributed by atoms with Gasteiger partial charge in [0.05, 0.1) is 18.6 Å². The minimum atomic E-state index is -0.545. The normalized spacial score (nSPS) is 11.8. The molecule has 0 spiro atoms. The number of benzene rings is 1. The predicted molar refractivity (Wildman–Crippen MR) is 168 cm³/mol. The SMILES string of the molecule is CC/C=C/CCOc1cccc2c(OCCCCCCCCCC)c(OC/C=C(\C)CCC=C(C)C)c(=O)oc12. The molecule has 0 aliphatic rings. The minimum absolute atomic E-state index is 0.128. The van der Waals surface area contributed by atoms with Crippen molar-refractivity contribution in [1.82, 2.24) is 0 Å². The Kier molecular flexibility index (Phi) is 16.6. The molecule has 0 aliphatic heterocycles. The molecule has 0 unspecified atom stereocenters. The molecule has 0 amide bonds. The molecular weight excluding hydrogens is 500 g/mol. The summed E-state index contributed by atoms with van der Waals surface area (Å²) >= 11 is 0. The number of hydrogen-bond acceptors (Lipinski definition) is 5. The summed E-state index contributed by atoms with van der Waals surface area (Å²) in [6.45, 7) is 12.0. The van der Waals surface area contributed by atoms with Gasteiger partial charge in [0.1, 0.15) is 6.61 Å². The lowest BCUT2D eigenvalue weighted by molar-refractivity contribution is 0.268. The Balaban J connectivity index is 2.17. The van der Waals surface area contributed by atoms with E-state index in [2.05, 4.69) is 52.8 Å². The highest BCUT2D eigenvalue weighted by molar-refractivity contribution is 5.89. The van der Waals surface area contributed by atoms with Crippen molar-refractivity contribution >= 4 is 11.0 Å². The van der Waals surface area contributed by atoms with Crippen LogP contribution in [-0.2, 0) is 0 Å². The fraction of sp³-hybridized carbons (Fsp3) is 0.571. The van der Waals surface area contributed by atoms with Crippen LogP contribution in [0.25, 0.3) is 11.0 Å². The highest BCUT2D eigenvalue weighted by atomic mass is 16.5. The Morgan fingerprint density at radius 2 is 1.55 bits per heavy atom. The van der Waals surface area contributed by atoms with Crippen LogP contribution in [-0.4, -0.2) is 19.8 Å². The van der Waals surface area contributed by atoms with Gasteiger partial charge in [-0.1, -0.05) is 94.2 Å². The standard InChI is InChI=1S/C35H52O5/c1-6-8-10-12-13-14-15-17-26-38-33-30-22-19-23-31(37-25-16-11-9-7-2)32(30)40-35(36)34(33)39-27-24-29(5)21-18-20-28(3)4/h9,11,19-20,22-24H,6-8,10,12-18,21,25-27H2,1-5H3/b11-9+,29-24+. The van der Waals surface area contributed by atoms with E-state index in [0.717, 1.165) is 38.5 Å². The fourth-order valence-electron chi connectivity index (χ4n) is 4.42. The molecule has 222 valence electrons. The van der Waals surface area contributed by atoms with Crippen LogP contribution in [0.2, 0.25) is 0 Å². The van der Waals surface area contributed by atoms with Crippen molar-refractivity contribution in [1.29, 1.82) is 0 Å². The molecule has 0 saturated heterocycles. The molecule has 5 heteroatoms. The predicted octanol–water partition coefficient (Wildman–Crippen LogP) is 10.1. The molecule has 40 heavy (non-hydrogen) atoms. The second kappa shape index (κ2) is 20.0. The highest BCUT2D eigenvalue weighted by Crippen LogP contribution is 2.37. The third-order valence-electron chi connectivity index (χ3n) is 6.75. The lowest BCUT2D eigenvalue weighted by Crippen LogP contribution is -2.12. The van der Waals surface area contributed by atoms with Gasteiger partial charge in [-0.3, -0.25) is 0 Å². The van der Waals surface area contributed by atoms with Gasteiger partial charge in [-0.05, 0) is 71.1 Å². The van der Waals surface area contributed by atoms with E-state index >= 15 is 0 Å². The summed E-state index contributed by atoms with van der Waals surface area (Å²) in [5.74, 6) is 1.11. The molecule has 0 aliphatic carbocycles. The number of hydrogen-bond donors (Lipinski definition) is 0. The van der Waals surface area contributed by atoms with Crippen LogP contribution in [0.15, 0.2) is 62.9 Å². The average molecular weight is 553 g/mol. The molecule has 1 aromatic carbocycles. The molecule has 2 rings (SSSR count). The molecule has 0 bridgehead atoms. The van der Waals surface area contributed by atoms with Crippen LogP contribution < -0.4 is 19.8 Å². The third kappa shape index (κ3) is 12.5. The molecule has 0 N–H and O–H groups in total. The van der Waals surface area contributed by atoms with Crippen LogP contribution in [0, 0.1) is 0 Å². The molecule has 5 nitrogen and oxygen atoms in total. The van der Waals surface area contributed by atoms with Crippen molar-refractivity contribution in [2.45, 2.75) is 112 Å². The van der Waals surface area contributed by atoms with Gasteiger partial charge in [-0.15, -0.1) is 0 Å². The number of fused-ring (bicyclic) bond motifs is 1. The third-order valence-corrected chi connectivity index (χ3v) is 6.75. The first kappa shape index (κ1) is 33.3. The molecule has 0 radical (unpaired) electrons. The van der Waals surface area contributed by atoms with Crippen molar-refractivity contribution in [2.75, 3.05) is 19.8 Å². The van der Waals surface area contributed by atoms with E-state index in [1.807, 2.05) is 24.3 Å². The molecule has 0 atom stereocenters. The van der Waals surface area contributed by atoms with Crippen LogP contribution in [0.1, 0.15) is 112 Å². The van der Waals surface area contributed by atoms with Crippen LogP contribution >= 0.6 is 0 Å². The lowest BCUT2D eigenvalue weighted by Gasteiger charge is -2.15. The highest BCUT2D eigenvalue weighted by Gasteiger charge is 2.20. The summed E-state index contributed by atoms with van der Waals surface area (Å²) in [5.41, 5.74) is 2.39. The van der Waals surface area contributed by atoms with Gasteiger partial charge in [0.25, 0.3) is 0 Å². The van der Waals surface area contributed by atoms with E-state index in [1.165, 1.54) is 49.7 Å². The summed E-state index contributed by atoms with van der Waals surface area (Å²) in [6, 6.07) is 5.63. The Hall–Kier alpha value is -2.95. The van der Waals surface area contributed by atoms with Gasteiger partial charge < -0.3 is 18.6 Å². The van der Waals surface area contributed by atoms with Crippen molar-refractivity contribution in [3.05, 3.63) is 64.1 Å². The van der Waals surface area contributed by atoms with E-state index in [0.29, 0.717) is 35.7 Å². The summed E-state index contributed by atoms with van der Waals surface area (Å²) in [5, 5.41) is 0.694. The Morgan fingerprint density at radius 1 is 0.800 bits per heavy atom. The maximum absolute atomic E-state index is 13.1. The zero-order valence-electron chi connectivity index (χ0n) is 25.7. The van der Waals surface area contributed by atoms with Crippen LogP contribution in [0.5, 0.6) is 17.2 Å². The first-order valence-corrected chi connectivity index (χ1v) is 15.4. The Bertz CT molecular complexity index is 1130. The smallest absolute Gasteiger partial charge is 0.383 e. The first-order valence-electron chi connectivity index (χ1n) is 15.4. The van der Waals surface area contributed by atoms with Crippen molar-refractivity contribution in [3.63, 3.8) is 0 Å². The van der Waals surface area contributed by atoms with Crippen molar-refractivity contribution in [3.8, 4) is 17.2 Å². The summed E-state index contributed by atoms with van der Waals surface area (Å²) in [6.07, 6.45) is 21.9. The number of unbranched alkanes of at least 4 members (excludes halogenated alkanes) is 7. The van der Waals surface area contributed by atoms with Gasteiger partial charge in [0.2, 0.25) is 5.75 Å². The van der Waals surface area contributed by atoms with Gasteiger partial charge >= 0.3 is 5.63 Å². The summed E-state index contributed by atoms with van der Waals surface area (Å²) < 4.78 is 24.0. The van der Waals surface area contributed by atoms with E-state index in [1.54, 1.807) is 0 Å². The maximum Gasteiger partial charge on any atom is 0.383 e. The minimum Gasteiger partial charge on any atom is -0.489 e. The largest absolute Gasteiger partial charge is 0.489 e. The van der Waals surface area contributed by atoms with Gasteiger partial charge in [-0.25, -0.2) is 4.79 Å². The number of ether oxygens (including phenoxy) is 3. The van der Waals surface area contributed by atoms with E-state index in [4.69, 9.17) is 18.6 Å². The molecule has 1 heterocycles. The van der Waals surface area contributed by atoms with E-state index < -0.39 is 5.63 Å². The zero-order chi connectivity index (χ0) is 29.0. The summed E-state index contributed by atoms with van der Waals surface area (Å²) in [7, 11) is 0. The zero-order valence-corrected chi connectivity index (χ0v) is 25.7. The van der Waals surface area contributed by atoms with Crippen LogP contribution in [0.3, 0.4) is 0 Å². The maximum atomic E-state index is 13.1. The second-order valence-electron chi connectivity index (χ2n) is 10.7. The van der Waals surface area contributed by atoms with Gasteiger partial charge in [0.15, 0.2) is 17.1 Å².